The van der Waals surface area contributed by atoms with Crippen molar-refractivity contribution in [3.05, 3.63) is 4.60 Å². The van der Waals surface area contributed by atoms with Gasteiger partial charge in [0.15, 0.2) is 4.60 Å². The molecular formula is C8H15BrN4O3S. The van der Waals surface area contributed by atoms with E-state index in [0.717, 1.165) is 0 Å². The van der Waals surface area contributed by atoms with Crippen molar-refractivity contribution in [2.24, 2.45) is 7.05 Å². The third-order valence-corrected chi connectivity index (χ3v) is 4.58. The summed E-state index contributed by atoms with van der Waals surface area (Å²) in [5, 5.41) is 16.5. The maximum absolute atomic E-state index is 11.9. The van der Waals surface area contributed by atoms with Gasteiger partial charge in [-0.05, 0) is 28.8 Å². The Bertz CT molecular complexity index is 454. The van der Waals surface area contributed by atoms with E-state index in [9.17, 15) is 13.5 Å². The number of aromatic nitrogens is 3. The van der Waals surface area contributed by atoms with E-state index in [1.54, 1.807) is 0 Å². The summed E-state index contributed by atoms with van der Waals surface area (Å²) in [5.74, 6) is 0. The summed E-state index contributed by atoms with van der Waals surface area (Å²) in [6.07, 6.45) is 0.475. The van der Waals surface area contributed by atoms with Crippen LogP contribution in [0.1, 0.15) is 19.8 Å². The van der Waals surface area contributed by atoms with E-state index in [1.807, 2.05) is 6.92 Å². The number of nitrogens with one attached hydrogen (secondary N) is 1. The molecule has 7 nitrogen and oxygen atoms in total. The van der Waals surface area contributed by atoms with Crippen molar-refractivity contribution in [1.29, 1.82) is 0 Å². The largest absolute Gasteiger partial charge is 0.393 e. The third kappa shape index (κ3) is 3.73. The fraction of sp³-hybridized carbons (Fsp3) is 0.750. The van der Waals surface area contributed by atoms with Crippen LogP contribution in [0, 0.1) is 0 Å². The highest BCUT2D eigenvalue weighted by Crippen LogP contribution is 2.17. The molecule has 98 valence electrons. The topological polar surface area (TPSA) is 97.1 Å². The summed E-state index contributed by atoms with van der Waals surface area (Å²) in [5.41, 5.74) is 0. The Morgan fingerprint density at radius 1 is 1.59 bits per heavy atom. The number of sulfonamides is 1. The Morgan fingerprint density at radius 2 is 2.24 bits per heavy atom. The molecule has 0 saturated carbocycles. The number of aryl methyl sites for hydroxylation is 1. The lowest BCUT2D eigenvalue weighted by Gasteiger charge is -2.09. The summed E-state index contributed by atoms with van der Waals surface area (Å²) >= 11 is 3.02. The average Bonchev–Trinajstić information content (AvgIpc) is 2.58. The van der Waals surface area contributed by atoms with Crippen molar-refractivity contribution in [3.8, 4) is 0 Å². The maximum atomic E-state index is 11.9. The minimum absolute atomic E-state index is 0.0245. The van der Waals surface area contributed by atoms with Crippen LogP contribution in [0.4, 0.5) is 0 Å². The van der Waals surface area contributed by atoms with E-state index >= 15 is 0 Å². The summed E-state index contributed by atoms with van der Waals surface area (Å²) < 4.78 is 27.5. The molecule has 0 aliphatic carbocycles. The third-order valence-electron chi connectivity index (χ3n) is 2.23. The fourth-order valence-corrected chi connectivity index (χ4v) is 3.38. The number of aliphatic hydroxyl groups excluding tert-OH is 1. The van der Waals surface area contributed by atoms with Crippen LogP contribution in [0.2, 0.25) is 0 Å². The Labute approximate surface area is 108 Å². The summed E-state index contributed by atoms with van der Waals surface area (Å²) in [4.78, 5) is 0. The number of rotatable bonds is 6. The van der Waals surface area contributed by atoms with Crippen molar-refractivity contribution in [2.45, 2.75) is 30.9 Å². The zero-order valence-electron chi connectivity index (χ0n) is 9.59. The lowest BCUT2D eigenvalue weighted by Crippen LogP contribution is -2.29. The van der Waals surface area contributed by atoms with Crippen LogP contribution in [-0.2, 0) is 17.1 Å². The van der Waals surface area contributed by atoms with Gasteiger partial charge in [-0.2, -0.15) is 0 Å². The van der Waals surface area contributed by atoms with Gasteiger partial charge in [-0.25, -0.2) is 17.8 Å². The van der Waals surface area contributed by atoms with Gasteiger partial charge in [0.1, 0.15) is 0 Å². The second-order valence-corrected chi connectivity index (χ2v) is 5.99. The summed E-state index contributed by atoms with van der Waals surface area (Å²) in [6, 6.07) is 0. The van der Waals surface area contributed by atoms with Crippen molar-refractivity contribution >= 4 is 26.0 Å². The molecule has 0 saturated heterocycles. The number of aliphatic hydroxyl groups is 1. The molecule has 1 rings (SSSR count). The first-order valence-corrected chi connectivity index (χ1v) is 7.39. The van der Waals surface area contributed by atoms with Crippen molar-refractivity contribution in [1.82, 2.24) is 19.7 Å². The molecule has 0 fully saturated rings. The van der Waals surface area contributed by atoms with Gasteiger partial charge in [0.2, 0.25) is 5.03 Å². The van der Waals surface area contributed by atoms with Crippen molar-refractivity contribution in [3.63, 3.8) is 0 Å². The van der Waals surface area contributed by atoms with Crippen LogP contribution in [0.25, 0.3) is 0 Å². The molecule has 0 spiro atoms. The quantitative estimate of drug-likeness (QED) is 0.768. The van der Waals surface area contributed by atoms with Gasteiger partial charge in [-0.3, -0.25) is 0 Å². The first-order valence-electron chi connectivity index (χ1n) is 5.11. The molecule has 0 bridgehead atoms. The van der Waals surface area contributed by atoms with Gasteiger partial charge < -0.3 is 5.11 Å². The molecule has 2 N–H and O–H groups in total. The SMILES string of the molecule is CCC(O)CCNS(=O)(=O)c1c(Br)nnn1C. The number of hydrogen-bond acceptors (Lipinski definition) is 5. The predicted octanol–water partition coefficient (Wildman–Crippen LogP) is 0.0169. The number of hydrogen-bond donors (Lipinski definition) is 2. The van der Waals surface area contributed by atoms with Crippen LogP contribution in [0.15, 0.2) is 9.63 Å². The first-order chi connectivity index (χ1) is 7.88. The van der Waals surface area contributed by atoms with Gasteiger partial charge in [-0.15, -0.1) is 5.10 Å². The van der Waals surface area contributed by atoms with Gasteiger partial charge >= 0.3 is 0 Å². The molecule has 0 radical (unpaired) electrons. The van der Waals surface area contributed by atoms with Crippen LogP contribution in [-0.4, -0.2) is 41.2 Å². The second-order valence-electron chi connectivity index (χ2n) is 3.56. The highest BCUT2D eigenvalue weighted by molar-refractivity contribution is 9.10. The normalized spacial score (nSPS) is 13.9. The molecule has 1 unspecified atom stereocenters. The van der Waals surface area contributed by atoms with Gasteiger partial charge in [-0.1, -0.05) is 12.1 Å². The zero-order chi connectivity index (χ0) is 13.1. The van der Waals surface area contributed by atoms with Crippen LogP contribution < -0.4 is 4.72 Å². The molecule has 1 aromatic heterocycles. The van der Waals surface area contributed by atoms with E-state index in [1.165, 1.54) is 11.7 Å². The molecule has 0 aromatic carbocycles. The Hall–Kier alpha value is -0.510. The molecule has 1 atom stereocenters. The fourth-order valence-electron chi connectivity index (χ4n) is 1.24. The van der Waals surface area contributed by atoms with Crippen LogP contribution >= 0.6 is 15.9 Å². The molecule has 17 heavy (non-hydrogen) atoms. The standard InChI is InChI=1S/C8H15BrN4O3S/c1-3-6(14)4-5-10-17(15,16)8-7(9)11-12-13(8)2/h6,10,14H,3-5H2,1-2H3. The maximum Gasteiger partial charge on any atom is 0.260 e. The lowest BCUT2D eigenvalue weighted by molar-refractivity contribution is 0.162. The minimum atomic E-state index is -3.65. The molecular weight excluding hydrogens is 312 g/mol. The first kappa shape index (κ1) is 14.6. The van der Waals surface area contributed by atoms with Crippen LogP contribution in [0.3, 0.4) is 0 Å². The Kier molecular flexibility index (Phi) is 5.04. The molecule has 0 aliphatic rings. The number of nitrogens with zero attached hydrogens (tertiary/aromatic N) is 3. The molecule has 9 heteroatoms. The summed E-state index contributed by atoms with van der Waals surface area (Å²) in [6.45, 7) is 2.01. The van der Waals surface area contributed by atoms with Crippen molar-refractivity contribution in [2.75, 3.05) is 6.54 Å². The van der Waals surface area contributed by atoms with E-state index < -0.39 is 16.1 Å². The highest BCUT2D eigenvalue weighted by atomic mass is 79.9. The average molecular weight is 327 g/mol. The van der Waals surface area contributed by atoms with Crippen molar-refractivity contribution < 1.29 is 13.5 Å². The lowest BCUT2D eigenvalue weighted by atomic mass is 10.2. The Balaban J connectivity index is 2.70. The van der Waals surface area contributed by atoms with Gasteiger partial charge in [0.05, 0.1) is 6.10 Å². The van der Waals surface area contributed by atoms with E-state index in [0.29, 0.717) is 12.8 Å². The molecule has 0 aliphatic heterocycles. The van der Waals surface area contributed by atoms with E-state index in [-0.39, 0.29) is 16.2 Å². The Morgan fingerprint density at radius 3 is 2.71 bits per heavy atom. The van der Waals surface area contributed by atoms with Crippen LogP contribution in [0.5, 0.6) is 0 Å². The van der Waals surface area contributed by atoms with Gasteiger partial charge in [0.25, 0.3) is 10.0 Å². The second kappa shape index (κ2) is 5.89. The molecule has 0 amide bonds. The highest BCUT2D eigenvalue weighted by Gasteiger charge is 2.23. The molecule has 1 heterocycles. The minimum Gasteiger partial charge on any atom is -0.393 e. The van der Waals surface area contributed by atoms with E-state index in [2.05, 4.69) is 31.0 Å². The molecule has 1 aromatic rings. The zero-order valence-corrected chi connectivity index (χ0v) is 12.0. The monoisotopic (exact) mass is 326 g/mol. The van der Waals surface area contributed by atoms with E-state index in [4.69, 9.17) is 0 Å². The smallest absolute Gasteiger partial charge is 0.260 e. The predicted molar refractivity (Wildman–Crippen MR) is 64.8 cm³/mol. The number of halogens is 1. The van der Waals surface area contributed by atoms with Gasteiger partial charge in [0, 0.05) is 13.6 Å². The summed E-state index contributed by atoms with van der Waals surface area (Å²) in [7, 11) is -2.16.